The minimum Gasteiger partial charge on any atom is -0.390 e. The lowest BCUT2D eigenvalue weighted by Gasteiger charge is -2.44. The molecule has 3 heterocycles. The first-order valence-electron chi connectivity index (χ1n) is 14.2. The summed E-state index contributed by atoms with van der Waals surface area (Å²) in [7, 11) is 0. The largest absolute Gasteiger partial charge is 0.416 e. The van der Waals surface area contributed by atoms with Gasteiger partial charge < -0.3 is 24.2 Å². The van der Waals surface area contributed by atoms with E-state index in [4.69, 9.17) is 14.2 Å². The lowest BCUT2D eigenvalue weighted by atomic mass is 9.75. The Kier molecular flexibility index (Phi) is 9.12. The number of piperidine rings is 1. The normalized spacial score (nSPS) is 27.5. The summed E-state index contributed by atoms with van der Waals surface area (Å²) < 4.78 is 126. The van der Waals surface area contributed by atoms with E-state index >= 15 is 0 Å². The molecule has 0 aliphatic carbocycles. The summed E-state index contributed by atoms with van der Waals surface area (Å²) in [6.45, 7) is 4.12. The van der Waals surface area contributed by atoms with E-state index in [0.29, 0.717) is 69.8 Å². The van der Waals surface area contributed by atoms with Gasteiger partial charge in [-0.05, 0) is 86.7 Å². The molecule has 1 spiro atoms. The number of nitrogens with zero attached hydrogens (tertiary/aromatic N) is 1. The Morgan fingerprint density at radius 3 is 2.19 bits per heavy atom. The lowest BCUT2D eigenvalue weighted by molar-refractivity contribution is -0.210. The van der Waals surface area contributed by atoms with E-state index in [1.54, 1.807) is 0 Å². The summed E-state index contributed by atoms with van der Waals surface area (Å²) >= 11 is 0. The van der Waals surface area contributed by atoms with Gasteiger partial charge in [-0.3, -0.25) is 0 Å². The van der Waals surface area contributed by atoms with Crippen LogP contribution in [0.1, 0.15) is 60.5 Å². The van der Waals surface area contributed by atoms with Crippen molar-refractivity contribution in [3.05, 3.63) is 70.3 Å². The number of rotatable bonds is 6. The van der Waals surface area contributed by atoms with Crippen molar-refractivity contribution in [2.45, 2.75) is 63.0 Å². The van der Waals surface area contributed by atoms with Crippen LogP contribution in [0.4, 0.5) is 35.1 Å². The Balaban J connectivity index is 1.40. The molecule has 238 valence electrons. The molecule has 1 N–H and O–H groups in total. The molecule has 3 aliphatic heterocycles. The number of halogens is 8. The number of ether oxygens (including phenoxy) is 3. The molecule has 2 aromatic rings. The SMILES string of the molecule is C[C@@H](O[C@H]1OCC[C@@H](CN2CCC3(CC2)COC[C@H]3O)[C@@H]1c1ccc(F)c(F)c1)c1cc(C(F)(F)F)cc(C(F)(F)F)c1. The molecule has 5 nitrogen and oxygen atoms in total. The molecule has 13 heteroatoms. The summed E-state index contributed by atoms with van der Waals surface area (Å²) in [6.07, 6.45) is -11.1. The molecule has 0 aromatic heterocycles. The maximum Gasteiger partial charge on any atom is 0.416 e. The first-order chi connectivity index (χ1) is 20.2. The highest BCUT2D eigenvalue weighted by Gasteiger charge is 2.46. The van der Waals surface area contributed by atoms with Gasteiger partial charge in [0.15, 0.2) is 17.9 Å². The van der Waals surface area contributed by atoms with E-state index in [-0.39, 0.29) is 29.6 Å². The number of likely N-dealkylation sites (tertiary alicyclic amines) is 1. The summed E-state index contributed by atoms with van der Waals surface area (Å²) in [5.41, 5.74) is -3.24. The second-order valence-corrected chi connectivity index (χ2v) is 11.8. The van der Waals surface area contributed by atoms with Gasteiger partial charge in [-0.15, -0.1) is 0 Å². The van der Waals surface area contributed by atoms with Gasteiger partial charge in [0, 0.05) is 17.9 Å². The third-order valence-electron chi connectivity index (χ3n) is 9.03. The predicted octanol–water partition coefficient (Wildman–Crippen LogP) is 6.70. The van der Waals surface area contributed by atoms with E-state index in [1.165, 1.54) is 13.0 Å². The van der Waals surface area contributed by atoms with Gasteiger partial charge in [0.2, 0.25) is 0 Å². The molecule has 5 atom stereocenters. The molecule has 3 saturated heterocycles. The standard InChI is InChI=1S/C30H33F8NO4/c1-17(20-10-21(29(33,34)35)13-22(11-20)30(36,37)38)43-27-26(18-2-3-23(31)24(32)12-18)19(4-9-42-27)14-39-7-5-28(6-8-39)16-41-15-25(28)40/h2-3,10-13,17,19,25-27,40H,4-9,14-16H2,1H3/t17-,19+,25-,26+,27-/m1/s1. The molecule has 0 bridgehead atoms. The van der Waals surface area contributed by atoms with Crippen molar-refractivity contribution in [1.82, 2.24) is 4.90 Å². The monoisotopic (exact) mass is 623 g/mol. The fourth-order valence-corrected chi connectivity index (χ4v) is 6.45. The van der Waals surface area contributed by atoms with Crippen molar-refractivity contribution >= 4 is 0 Å². The summed E-state index contributed by atoms with van der Waals surface area (Å²) in [6, 6.07) is 4.63. The maximum atomic E-state index is 14.4. The minimum absolute atomic E-state index is 0.0485. The third-order valence-corrected chi connectivity index (χ3v) is 9.03. The Bertz CT molecular complexity index is 1250. The molecule has 3 aliphatic rings. The van der Waals surface area contributed by atoms with Gasteiger partial charge in [0.1, 0.15) is 0 Å². The van der Waals surface area contributed by atoms with Gasteiger partial charge >= 0.3 is 12.4 Å². The Morgan fingerprint density at radius 1 is 0.977 bits per heavy atom. The average Bonchev–Trinajstić information content (AvgIpc) is 3.29. The first-order valence-corrected chi connectivity index (χ1v) is 14.2. The van der Waals surface area contributed by atoms with Crippen LogP contribution in [0, 0.1) is 23.0 Å². The summed E-state index contributed by atoms with van der Waals surface area (Å²) in [5.74, 6) is -3.08. The average molecular weight is 624 g/mol. The Hall–Kier alpha value is -2.32. The number of alkyl halides is 6. The van der Waals surface area contributed by atoms with Gasteiger partial charge in [-0.2, -0.15) is 26.3 Å². The second-order valence-electron chi connectivity index (χ2n) is 11.8. The van der Waals surface area contributed by atoms with Crippen LogP contribution in [0.2, 0.25) is 0 Å². The van der Waals surface area contributed by atoms with Gasteiger partial charge in [-0.25, -0.2) is 8.78 Å². The van der Waals surface area contributed by atoms with E-state index in [9.17, 15) is 40.2 Å². The molecule has 5 rings (SSSR count). The molecule has 0 radical (unpaired) electrons. The van der Waals surface area contributed by atoms with Crippen molar-refractivity contribution < 1.29 is 54.4 Å². The van der Waals surface area contributed by atoms with Crippen molar-refractivity contribution in [2.75, 3.05) is 39.5 Å². The van der Waals surface area contributed by atoms with E-state index in [1.807, 2.05) is 0 Å². The molecule has 0 amide bonds. The highest BCUT2D eigenvalue weighted by atomic mass is 19.4. The van der Waals surface area contributed by atoms with Crippen LogP contribution in [0.25, 0.3) is 0 Å². The second kappa shape index (κ2) is 12.2. The van der Waals surface area contributed by atoms with E-state index in [2.05, 4.69) is 4.90 Å². The molecule has 0 saturated carbocycles. The van der Waals surface area contributed by atoms with Crippen molar-refractivity contribution in [1.29, 1.82) is 0 Å². The maximum absolute atomic E-state index is 14.4. The fourth-order valence-electron chi connectivity index (χ4n) is 6.45. The Morgan fingerprint density at radius 2 is 1.63 bits per heavy atom. The van der Waals surface area contributed by atoms with E-state index in [0.717, 1.165) is 12.1 Å². The zero-order chi connectivity index (χ0) is 31.2. The number of hydrogen-bond acceptors (Lipinski definition) is 5. The van der Waals surface area contributed by atoms with Gasteiger partial charge in [-0.1, -0.05) is 6.07 Å². The molecule has 2 aromatic carbocycles. The fraction of sp³-hybridized carbons (Fsp3) is 0.600. The van der Waals surface area contributed by atoms with Crippen LogP contribution in [0.15, 0.2) is 36.4 Å². The molecular weight excluding hydrogens is 590 g/mol. The lowest BCUT2D eigenvalue weighted by Crippen LogP contribution is -2.49. The third kappa shape index (κ3) is 7.00. The van der Waals surface area contributed by atoms with Crippen LogP contribution in [-0.2, 0) is 26.6 Å². The highest BCUT2D eigenvalue weighted by Crippen LogP contribution is 2.44. The van der Waals surface area contributed by atoms with Crippen molar-refractivity contribution in [3.63, 3.8) is 0 Å². The smallest absolute Gasteiger partial charge is 0.390 e. The van der Waals surface area contributed by atoms with E-state index < -0.39 is 59.5 Å². The van der Waals surface area contributed by atoms with Crippen LogP contribution in [0.3, 0.4) is 0 Å². The summed E-state index contributed by atoms with van der Waals surface area (Å²) in [4.78, 5) is 2.20. The zero-order valence-corrected chi connectivity index (χ0v) is 23.4. The summed E-state index contributed by atoms with van der Waals surface area (Å²) in [5, 5.41) is 10.4. The van der Waals surface area contributed by atoms with Crippen LogP contribution >= 0.6 is 0 Å². The number of aliphatic hydroxyl groups excluding tert-OH is 1. The molecular formula is C30H33F8NO4. The van der Waals surface area contributed by atoms with Crippen molar-refractivity contribution in [3.8, 4) is 0 Å². The molecule has 3 fully saturated rings. The number of aliphatic hydroxyl groups is 1. The van der Waals surface area contributed by atoms with Crippen LogP contribution in [-0.4, -0.2) is 61.9 Å². The number of hydrogen-bond donors (Lipinski definition) is 1. The Labute approximate surface area is 243 Å². The van der Waals surface area contributed by atoms with Gasteiger partial charge in [0.25, 0.3) is 0 Å². The topological polar surface area (TPSA) is 51.2 Å². The van der Waals surface area contributed by atoms with Crippen LogP contribution in [0.5, 0.6) is 0 Å². The molecule has 0 unspecified atom stereocenters. The highest BCUT2D eigenvalue weighted by molar-refractivity contribution is 5.35. The zero-order valence-electron chi connectivity index (χ0n) is 23.4. The first kappa shape index (κ1) is 32.1. The van der Waals surface area contributed by atoms with Crippen molar-refractivity contribution in [2.24, 2.45) is 11.3 Å². The minimum atomic E-state index is -5.02. The predicted molar refractivity (Wildman–Crippen MR) is 138 cm³/mol. The quantitative estimate of drug-likeness (QED) is 0.363. The van der Waals surface area contributed by atoms with Crippen LogP contribution < -0.4 is 0 Å². The van der Waals surface area contributed by atoms with Gasteiger partial charge in [0.05, 0.1) is 43.2 Å². The number of benzene rings is 2. The molecule has 43 heavy (non-hydrogen) atoms.